The molecule has 25 heavy (non-hydrogen) atoms. The van der Waals surface area contributed by atoms with E-state index in [0.29, 0.717) is 29.5 Å². The summed E-state index contributed by atoms with van der Waals surface area (Å²) in [6.07, 6.45) is 1.09. The van der Waals surface area contributed by atoms with Crippen molar-refractivity contribution in [3.8, 4) is 0 Å². The molecule has 0 radical (unpaired) electrons. The molecule has 0 amide bonds. The van der Waals surface area contributed by atoms with E-state index in [1.807, 2.05) is 6.92 Å². The lowest BCUT2D eigenvalue weighted by Gasteiger charge is -2.33. The van der Waals surface area contributed by atoms with Crippen LogP contribution in [0.5, 0.6) is 0 Å². The molecule has 1 aliphatic carbocycles. The summed E-state index contributed by atoms with van der Waals surface area (Å²) >= 11 is 0. The first kappa shape index (κ1) is 17.0. The van der Waals surface area contributed by atoms with Crippen molar-refractivity contribution in [2.75, 3.05) is 6.54 Å². The average Bonchev–Trinajstić information content (AvgIpc) is 2.84. The number of nitro groups is 1. The fourth-order valence-electron chi connectivity index (χ4n) is 3.95. The molecule has 0 bridgehead atoms. The highest BCUT2D eigenvalue weighted by Crippen LogP contribution is 2.46. The van der Waals surface area contributed by atoms with E-state index in [-0.39, 0.29) is 11.6 Å². The van der Waals surface area contributed by atoms with Crippen LogP contribution in [-0.4, -0.2) is 23.0 Å². The smallest absolute Gasteiger partial charge is 0.208 e. The summed E-state index contributed by atoms with van der Waals surface area (Å²) in [5, 5.41) is 11.3. The maximum absolute atomic E-state index is 13.4. The van der Waals surface area contributed by atoms with Crippen molar-refractivity contribution < 1.29 is 14.5 Å². The minimum absolute atomic E-state index is 0.320. The zero-order valence-corrected chi connectivity index (χ0v) is 14.0. The topological polar surface area (TPSA) is 77.3 Å². The summed E-state index contributed by atoms with van der Waals surface area (Å²) in [6, 6.07) is 15.5. The second kappa shape index (κ2) is 6.59. The largest absolute Gasteiger partial charge is 0.293 e. The Morgan fingerprint density at radius 2 is 1.48 bits per heavy atom. The van der Waals surface area contributed by atoms with E-state index in [9.17, 15) is 19.7 Å². The average molecular weight is 337 g/mol. The van der Waals surface area contributed by atoms with Crippen LogP contribution in [0, 0.1) is 16.0 Å². The molecule has 1 aliphatic rings. The minimum Gasteiger partial charge on any atom is -0.293 e. The van der Waals surface area contributed by atoms with Crippen molar-refractivity contribution in [1.29, 1.82) is 0 Å². The quantitative estimate of drug-likeness (QED) is 0.457. The Morgan fingerprint density at radius 1 is 0.960 bits per heavy atom. The fraction of sp³-hybridized carbons (Fsp3) is 0.300. The van der Waals surface area contributed by atoms with Gasteiger partial charge in [-0.05, 0) is 12.0 Å². The van der Waals surface area contributed by atoms with Crippen LogP contribution in [0.25, 0.3) is 0 Å². The molecule has 0 spiro atoms. The molecule has 128 valence electrons. The van der Waals surface area contributed by atoms with Gasteiger partial charge in [0.1, 0.15) is 5.41 Å². The molecule has 3 rings (SSSR count). The Hall–Kier alpha value is -2.82. The van der Waals surface area contributed by atoms with E-state index in [0.717, 1.165) is 0 Å². The van der Waals surface area contributed by atoms with Crippen molar-refractivity contribution in [2.45, 2.75) is 25.2 Å². The van der Waals surface area contributed by atoms with Crippen LogP contribution in [0.15, 0.2) is 54.6 Å². The fourth-order valence-corrected chi connectivity index (χ4v) is 3.95. The van der Waals surface area contributed by atoms with Crippen molar-refractivity contribution in [2.24, 2.45) is 5.92 Å². The molecule has 2 aromatic carbocycles. The molecule has 5 nitrogen and oxygen atoms in total. The van der Waals surface area contributed by atoms with Crippen LogP contribution in [-0.2, 0) is 5.41 Å². The Labute approximate surface area is 145 Å². The Kier molecular flexibility index (Phi) is 4.49. The summed E-state index contributed by atoms with van der Waals surface area (Å²) in [5.74, 6) is -1.32. The van der Waals surface area contributed by atoms with E-state index in [2.05, 4.69) is 0 Å². The molecule has 5 heteroatoms. The van der Waals surface area contributed by atoms with Crippen LogP contribution < -0.4 is 0 Å². The van der Waals surface area contributed by atoms with Gasteiger partial charge >= 0.3 is 0 Å². The number of nitrogens with zero attached hydrogens (tertiary/aromatic N) is 1. The van der Waals surface area contributed by atoms with Gasteiger partial charge in [0.05, 0.1) is 0 Å². The molecule has 0 aliphatic heterocycles. The molecule has 1 atom stereocenters. The van der Waals surface area contributed by atoms with Gasteiger partial charge < -0.3 is 0 Å². The number of hydrogen-bond donors (Lipinski definition) is 0. The van der Waals surface area contributed by atoms with Crippen LogP contribution in [0.2, 0.25) is 0 Å². The Morgan fingerprint density at radius 3 is 1.96 bits per heavy atom. The van der Waals surface area contributed by atoms with Crippen LogP contribution >= 0.6 is 0 Å². The number of ketones is 2. The lowest BCUT2D eigenvalue weighted by molar-refractivity contribution is -0.489. The number of fused-ring (bicyclic) bond motifs is 1. The standard InChI is InChI=1S/C20H19NO4/c1-2-8-15(13-21(24)25)20(14-9-4-3-5-10-14)18(22)16-11-6-7-12-17(16)19(20)23/h3-7,9-12,15H,2,8,13H2,1H3/t15-/m0/s1. The summed E-state index contributed by atoms with van der Waals surface area (Å²) < 4.78 is 0. The van der Waals surface area contributed by atoms with Crippen molar-refractivity contribution in [3.05, 3.63) is 81.4 Å². The van der Waals surface area contributed by atoms with E-state index < -0.39 is 22.8 Å². The summed E-state index contributed by atoms with van der Waals surface area (Å²) in [6.45, 7) is 1.50. The first-order valence-electron chi connectivity index (χ1n) is 8.39. The maximum Gasteiger partial charge on any atom is 0.208 e. The SMILES string of the molecule is CCC[C@@H](C[N+](=O)[O-])C1(c2ccccc2)C(=O)c2ccccc2C1=O. The van der Waals surface area contributed by atoms with Gasteiger partial charge in [-0.25, -0.2) is 0 Å². The number of carbonyl (C=O) groups is 2. The van der Waals surface area contributed by atoms with Crippen LogP contribution in [0.3, 0.4) is 0 Å². The predicted octanol–water partition coefficient (Wildman–Crippen LogP) is 3.70. The molecule has 0 aromatic heterocycles. The molecule has 0 N–H and O–H groups in total. The molecule has 0 heterocycles. The second-order valence-electron chi connectivity index (χ2n) is 6.38. The number of Topliss-reactive ketones (excluding diaryl/α,β-unsaturated/α-hetero) is 2. The van der Waals surface area contributed by atoms with Gasteiger partial charge in [0.15, 0.2) is 11.6 Å². The molecule has 2 aromatic rings. The van der Waals surface area contributed by atoms with Gasteiger partial charge in [-0.2, -0.15) is 0 Å². The van der Waals surface area contributed by atoms with Crippen LogP contribution in [0.4, 0.5) is 0 Å². The van der Waals surface area contributed by atoms with Crippen molar-refractivity contribution >= 4 is 11.6 Å². The first-order chi connectivity index (χ1) is 12.0. The maximum atomic E-state index is 13.4. The zero-order valence-electron chi connectivity index (χ0n) is 14.0. The molecular formula is C20H19NO4. The van der Waals surface area contributed by atoms with Gasteiger partial charge in [-0.15, -0.1) is 0 Å². The molecule has 0 unspecified atom stereocenters. The first-order valence-corrected chi connectivity index (χ1v) is 8.39. The molecule has 0 fully saturated rings. The monoisotopic (exact) mass is 337 g/mol. The summed E-state index contributed by atoms with van der Waals surface area (Å²) in [4.78, 5) is 37.6. The number of benzene rings is 2. The van der Waals surface area contributed by atoms with Gasteiger partial charge in [0.25, 0.3) is 0 Å². The summed E-state index contributed by atoms with van der Waals surface area (Å²) in [7, 11) is 0. The highest BCUT2D eigenvalue weighted by atomic mass is 16.6. The predicted molar refractivity (Wildman–Crippen MR) is 93.5 cm³/mol. The minimum atomic E-state index is -1.51. The van der Waals surface area contributed by atoms with Gasteiger partial charge in [0, 0.05) is 22.0 Å². The highest BCUT2D eigenvalue weighted by Gasteiger charge is 2.59. The van der Waals surface area contributed by atoms with E-state index >= 15 is 0 Å². The highest BCUT2D eigenvalue weighted by molar-refractivity contribution is 6.33. The second-order valence-corrected chi connectivity index (χ2v) is 6.38. The lowest BCUT2D eigenvalue weighted by Crippen LogP contribution is -2.48. The van der Waals surface area contributed by atoms with E-state index in [4.69, 9.17) is 0 Å². The summed E-state index contributed by atoms with van der Waals surface area (Å²) in [5.41, 5.74) is -0.239. The zero-order chi connectivity index (χ0) is 18.0. The normalized spacial score (nSPS) is 16.5. The van der Waals surface area contributed by atoms with Crippen LogP contribution in [0.1, 0.15) is 46.0 Å². The van der Waals surface area contributed by atoms with Gasteiger partial charge in [-0.3, -0.25) is 19.7 Å². The Bertz CT molecular complexity index is 794. The Balaban J connectivity index is 2.26. The van der Waals surface area contributed by atoms with Crippen molar-refractivity contribution in [3.63, 3.8) is 0 Å². The van der Waals surface area contributed by atoms with Crippen molar-refractivity contribution in [1.82, 2.24) is 0 Å². The molecule has 0 saturated heterocycles. The number of rotatable bonds is 6. The van der Waals surface area contributed by atoms with Gasteiger partial charge in [0.2, 0.25) is 6.54 Å². The third-order valence-electron chi connectivity index (χ3n) is 4.98. The van der Waals surface area contributed by atoms with E-state index in [1.54, 1.807) is 54.6 Å². The lowest BCUT2D eigenvalue weighted by atomic mass is 9.65. The number of carbonyl (C=O) groups excluding carboxylic acids is 2. The van der Waals surface area contributed by atoms with E-state index in [1.165, 1.54) is 0 Å². The molecule has 0 saturated carbocycles. The third-order valence-corrected chi connectivity index (χ3v) is 4.98. The molecular weight excluding hydrogens is 318 g/mol. The number of hydrogen-bond acceptors (Lipinski definition) is 4. The third kappa shape index (κ3) is 2.56. The van der Waals surface area contributed by atoms with Gasteiger partial charge in [-0.1, -0.05) is 67.9 Å².